The van der Waals surface area contributed by atoms with E-state index < -0.39 is 0 Å². The number of rotatable bonds is 4. The molecule has 0 bridgehead atoms. The second-order valence-corrected chi connectivity index (χ2v) is 5.74. The van der Waals surface area contributed by atoms with Gasteiger partial charge >= 0.3 is 0 Å². The zero-order chi connectivity index (χ0) is 16.2. The number of benzene rings is 3. The van der Waals surface area contributed by atoms with Gasteiger partial charge in [0.1, 0.15) is 12.4 Å². The van der Waals surface area contributed by atoms with Crippen LogP contribution in [0.3, 0.4) is 0 Å². The summed E-state index contributed by atoms with van der Waals surface area (Å²) in [5, 5.41) is 2.37. The Hall–Kier alpha value is -3.13. The molecule has 2 heteroatoms. The highest BCUT2D eigenvalue weighted by molar-refractivity contribution is 5.88. The summed E-state index contributed by atoms with van der Waals surface area (Å²) in [6.45, 7) is 0.583. The summed E-state index contributed by atoms with van der Waals surface area (Å²) in [4.78, 5) is 4.19. The fourth-order valence-electron chi connectivity index (χ4n) is 2.77. The summed E-state index contributed by atoms with van der Waals surface area (Å²) in [6, 6.07) is 26.9. The molecule has 0 amide bonds. The van der Waals surface area contributed by atoms with Crippen LogP contribution in [0, 0.1) is 0 Å². The van der Waals surface area contributed by atoms with Gasteiger partial charge in [0.05, 0.1) is 0 Å². The first kappa shape index (κ1) is 14.5. The maximum absolute atomic E-state index is 5.91. The van der Waals surface area contributed by atoms with Gasteiger partial charge < -0.3 is 4.74 Å². The van der Waals surface area contributed by atoms with E-state index in [1.165, 1.54) is 21.9 Å². The molecule has 0 aliphatic heterocycles. The molecule has 0 saturated heterocycles. The maximum Gasteiger partial charge on any atom is 0.120 e. The minimum Gasteiger partial charge on any atom is -0.489 e. The molecular weight excluding hydrogens is 294 g/mol. The molecule has 4 rings (SSSR count). The molecule has 4 aromatic rings. The van der Waals surface area contributed by atoms with E-state index in [2.05, 4.69) is 53.5 Å². The average Bonchev–Trinajstić information content (AvgIpc) is 2.67. The van der Waals surface area contributed by atoms with Crippen LogP contribution in [0.4, 0.5) is 0 Å². The van der Waals surface area contributed by atoms with Crippen molar-refractivity contribution < 1.29 is 4.74 Å². The molecule has 0 saturated carbocycles. The Kier molecular flexibility index (Phi) is 3.95. The van der Waals surface area contributed by atoms with E-state index in [4.69, 9.17) is 4.74 Å². The lowest BCUT2D eigenvalue weighted by Crippen LogP contribution is -1.94. The van der Waals surface area contributed by atoms with E-state index >= 15 is 0 Å². The zero-order valence-corrected chi connectivity index (χ0v) is 13.2. The van der Waals surface area contributed by atoms with Gasteiger partial charge in [-0.05, 0) is 46.2 Å². The third-order valence-electron chi connectivity index (χ3n) is 4.05. The van der Waals surface area contributed by atoms with Crippen molar-refractivity contribution in [3.8, 4) is 16.9 Å². The molecule has 0 radical (unpaired) electrons. The van der Waals surface area contributed by atoms with Crippen LogP contribution >= 0.6 is 0 Å². The van der Waals surface area contributed by atoms with Crippen LogP contribution in [0.1, 0.15) is 5.56 Å². The lowest BCUT2D eigenvalue weighted by Gasteiger charge is -2.08. The number of fused-ring (bicyclic) bond motifs is 1. The molecule has 24 heavy (non-hydrogen) atoms. The molecule has 0 fully saturated rings. The predicted octanol–water partition coefficient (Wildman–Crippen LogP) is 5.48. The van der Waals surface area contributed by atoms with Crippen molar-refractivity contribution in [1.82, 2.24) is 4.98 Å². The van der Waals surface area contributed by atoms with Gasteiger partial charge in [-0.1, -0.05) is 54.6 Å². The van der Waals surface area contributed by atoms with E-state index in [0.717, 1.165) is 11.3 Å². The summed E-state index contributed by atoms with van der Waals surface area (Å²) in [5.41, 5.74) is 3.47. The third-order valence-corrected chi connectivity index (χ3v) is 4.05. The monoisotopic (exact) mass is 311 g/mol. The minimum atomic E-state index is 0.583. The first-order chi connectivity index (χ1) is 11.9. The average molecular weight is 311 g/mol. The molecule has 2 nitrogen and oxygen atoms in total. The first-order valence-corrected chi connectivity index (χ1v) is 7.99. The van der Waals surface area contributed by atoms with Crippen molar-refractivity contribution in [3.63, 3.8) is 0 Å². The molecule has 0 spiro atoms. The van der Waals surface area contributed by atoms with Crippen LogP contribution in [0.15, 0.2) is 91.3 Å². The highest BCUT2D eigenvalue weighted by Gasteiger charge is 2.02. The molecule has 1 heterocycles. The smallest absolute Gasteiger partial charge is 0.120 e. The second-order valence-electron chi connectivity index (χ2n) is 5.74. The molecule has 3 aromatic carbocycles. The van der Waals surface area contributed by atoms with Crippen molar-refractivity contribution in [1.29, 1.82) is 0 Å². The number of aromatic nitrogens is 1. The normalized spacial score (nSPS) is 10.7. The molecule has 116 valence electrons. The summed E-state index contributed by atoms with van der Waals surface area (Å²) in [5.74, 6) is 0.889. The van der Waals surface area contributed by atoms with Crippen LogP contribution in [0.5, 0.6) is 5.75 Å². The van der Waals surface area contributed by atoms with Gasteiger partial charge in [-0.2, -0.15) is 0 Å². The van der Waals surface area contributed by atoms with Gasteiger partial charge in [0.15, 0.2) is 0 Å². The van der Waals surface area contributed by atoms with Gasteiger partial charge in [-0.25, -0.2) is 0 Å². The summed E-state index contributed by atoms with van der Waals surface area (Å²) >= 11 is 0. The fraction of sp³-hybridized carbons (Fsp3) is 0.0455. The lowest BCUT2D eigenvalue weighted by molar-refractivity contribution is 0.306. The van der Waals surface area contributed by atoms with E-state index in [-0.39, 0.29) is 0 Å². The van der Waals surface area contributed by atoms with Crippen LogP contribution < -0.4 is 4.74 Å². The van der Waals surface area contributed by atoms with Gasteiger partial charge in [0.2, 0.25) is 0 Å². The highest BCUT2D eigenvalue weighted by Crippen LogP contribution is 2.27. The number of hydrogen-bond acceptors (Lipinski definition) is 2. The first-order valence-electron chi connectivity index (χ1n) is 7.99. The number of pyridine rings is 1. The number of hydrogen-bond donors (Lipinski definition) is 0. The standard InChI is InChI=1S/C22H17NO/c1-2-5-17(6-3-1)16-24-22-11-10-18-13-19(8-9-20(18)14-22)21-7-4-12-23-15-21/h1-15H,16H2. The topological polar surface area (TPSA) is 22.1 Å². The quantitative estimate of drug-likeness (QED) is 0.498. The third kappa shape index (κ3) is 3.13. The van der Waals surface area contributed by atoms with Gasteiger partial charge in [0, 0.05) is 18.0 Å². The molecule has 0 aliphatic carbocycles. The van der Waals surface area contributed by atoms with Gasteiger partial charge in [0.25, 0.3) is 0 Å². The van der Waals surface area contributed by atoms with Crippen molar-refractivity contribution in [2.45, 2.75) is 6.61 Å². The Bertz CT molecular complexity index is 949. The zero-order valence-electron chi connectivity index (χ0n) is 13.2. The fourth-order valence-corrected chi connectivity index (χ4v) is 2.77. The molecule has 0 atom stereocenters. The lowest BCUT2D eigenvalue weighted by atomic mass is 10.0. The van der Waals surface area contributed by atoms with E-state index in [1.807, 2.05) is 36.5 Å². The van der Waals surface area contributed by atoms with Gasteiger partial charge in [-0.15, -0.1) is 0 Å². The van der Waals surface area contributed by atoms with Crippen molar-refractivity contribution in [3.05, 3.63) is 96.8 Å². The molecule has 0 N–H and O–H groups in total. The molecule has 0 aliphatic rings. The van der Waals surface area contributed by atoms with Crippen LogP contribution in [0.2, 0.25) is 0 Å². The number of nitrogens with zero attached hydrogens (tertiary/aromatic N) is 1. The van der Waals surface area contributed by atoms with Crippen molar-refractivity contribution in [2.75, 3.05) is 0 Å². The molecule has 1 aromatic heterocycles. The largest absolute Gasteiger partial charge is 0.489 e. The Morgan fingerprint density at radius 2 is 1.54 bits per heavy atom. The van der Waals surface area contributed by atoms with Crippen LogP contribution in [-0.2, 0) is 6.61 Å². The van der Waals surface area contributed by atoms with Crippen molar-refractivity contribution in [2.24, 2.45) is 0 Å². The maximum atomic E-state index is 5.91. The van der Waals surface area contributed by atoms with E-state index in [9.17, 15) is 0 Å². The highest BCUT2D eigenvalue weighted by atomic mass is 16.5. The van der Waals surface area contributed by atoms with E-state index in [1.54, 1.807) is 6.20 Å². The Labute approximate surface area is 141 Å². The second kappa shape index (κ2) is 6.55. The van der Waals surface area contributed by atoms with Gasteiger partial charge in [-0.3, -0.25) is 4.98 Å². The van der Waals surface area contributed by atoms with Crippen LogP contribution in [-0.4, -0.2) is 4.98 Å². The van der Waals surface area contributed by atoms with Crippen LogP contribution in [0.25, 0.3) is 21.9 Å². The Balaban J connectivity index is 1.58. The van der Waals surface area contributed by atoms with E-state index in [0.29, 0.717) is 6.61 Å². The SMILES string of the molecule is c1ccc(COc2ccc3cc(-c4cccnc4)ccc3c2)cc1. The summed E-state index contributed by atoms with van der Waals surface area (Å²) < 4.78 is 5.91. The predicted molar refractivity (Wildman–Crippen MR) is 98.0 cm³/mol. The Morgan fingerprint density at radius 3 is 2.38 bits per heavy atom. The molecular formula is C22H17NO. The van der Waals surface area contributed by atoms with Crippen molar-refractivity contribution >= 4 is 10.8 Å². The summed E-state index contributed by atoms with van der Waals surface area (Å²) in [7, 11) is 0. The summed E-state index contributed by atoms with van der Waals surface area (Å²) in [6.07, 6.45) is 3.68. The number of ether oxygens (including phenoxy) is 1. The Morgan fingerprint density at radius 1 is 0.708 bits per heavy atom. The molecule has 0 unspecified atom stereocenters. The minimum absolute atomic E-state index is 0.583.